The van der Waals surface area contributed by atoms with Crippen LogP contribution in [-0.4, -0.2) is 27.7 Å². The maximum absolute atomic E-state index is 11.5. The van der Waals surface area contributed by atoms with Gasteiger partial charge in [0.15, 0.2) is 0 Å². The summed E-state index contributed by atoms with van der Waals surface area (Å²) in [6.45, 7) is 0.334. The summed E-state index contributed by atoms with van der Waals surface area (Å²) in [6, 6.07) is 9.30. The molecule has 1 amide bonds. The molecule has 7 nitrogen and oxygen atoms in total. The molecule has 0 unspecified atom stereocenters. The predicted octanol–water partition coefficient (Wildman–Crippen LogP) is 1.42. The minimum absolute atomic E-state index is 0.0296. The van der Waals surface area contributed by atoms with Crippen molar-refractivity contribution in [2.75, 3.05) is 6.54 Å². The number of nitrogens with one attached hydrogen (secondary N) is 2. The van der Waals surface area contributed by atoms with Gasteiger partial charge in [0.25, 0.3) is 5.56 Å². The third-order valence-electron chi connectivity index (χ3n) is 2.73. The van der Waals surface area contributed by atoms with E-state index < -0.39 is 11.7 Å². The average Bonchev–Trinajstić information content (AvgIpc) is 2.53. The van der Waals surface area contributed by atoms with E-state index in [2.05, 4.69) is 15.3 Å². The number of aromatic nitrogens is 2. The molecule has 0 spiro atoms. The summed E-state index contributed by atoms with van der Waals surface area (Å²) >= 11 is 0. The molecule has 7 heteroatoms. The standard InChI is InChI=1S/C15H15N3O4/c19-13-12(14(20)18-10-17-13)7-4-8-16-15(21)22-9-11-5-2-1-3-6-11/h1-7,10H,8-9H2,(H,16,21)(H2,17,18,19,20). The van der Waals surface area contributed by atoms with Gasteiger partial charge >= 0.3 is 6.09 Å². The number of rotatable bonds is 5. The first-order chi connectivity index (χ1) is 10.7. The second-order valence-corrected chi connectivity index (χ2v) is 4.31. The van der Waals surface area contributed by atoms with Crippen molar-refractivity contribution in [2.24, 2.45) is 0 Å². The Morgan fingerprint density at radius 3 is 2.86 bits per heavy atom. The predicted molar refractivity (Wildman–Crippen MR) is 80.2 cm³/mol. The largest absolute Gasteiger partial charge is 0.493 e. The third-order valence-corrected chi connectivity index (χ3v) is 2.73. The zero-order chi connectivity index (χ0) is 15.8. The Kier molecular flexibility index (Phi) is 5.31. The van der Waals surface area contributed by atoms with Crippen molar-refractivity contribution in [3.05, 3.63) is 64.2 Å². The molecule has 0 saturated carbocycles. The maximum atomic E-state index is 11.5. The molecule has 2 rings (SSSR count). The lowest BCUT2D eigenvalue weighted by Crippen LogP contribution is -2.24. The Bertz CT molecular complexity index is 710. The van der Waals surface area contributed by atoms with Gasteiger partial charge in [0.2, 0.25) is 5.88 Å². The van der Waals surface area contributed by atoms with Crippen LogP contribution in [0, 0.1) is 0 Å². The van der Waals surface area contributed by atoms with E-state index in [1.807, 2.05) is 30.3 Å². The number of hydrogen-bond donors (Lipinski definition) is 3. The molecule has 114 valence electrons. The third kappa shape index (κ3) is 4.48. The van der Waals surface area contributed by atoms with Crippen LogP contribution < -0.4 is 10.9 Å². The van der Waals surface area contributed by atoms with Crippen LogP contribution in [0.2, 0.25) is 0 Å². The lowest BCUT2D eigenvalue weighted by molar-refractivity contribution is 0.141. The number of hydrogen-bond acceptors (Lipinski definition) is 5. The Hall–Kier alpha value is -3.09. The van der Waals surface area contributed by atoms with Gasteiger partial charge in [-0.25, -0.2) is 9.78 Å². The monoisotopic (exact) mass is 301 g/mol. The van der Waals surface area contributed by atoms with Gasteiger partial charge in [-0.05, 0) is 11.6 Å². The number of carbonyl (C=O) groups is 1. The summed E-state index contributed by atoms with van der Waals surface area (Å²) < 4.78 is 5.01. The fourth-order valence-corrected chi connectivity index (χ4v) is 1.64. The molecule has 0 radical (unpaired) electrons. The lowest BCUT2D eigenvalue weighted by atomic mass is 10.2. The number of alkyl carbamates (subject to hydrolysis) is 1. The number of nitrogens with zero attached hydrogens (tertiary/aromatic N) is 1. The summed E-state index contributed by atoms with van der Waals surface area (Å²) in [5, 5.41) is 11.9. The molecule has 0 aliphatic carbocycles. The molecule has 1 aromatic heterocycles. The molecule has 0 fully saturated rings. The number of amides is 1. The van der Waals surface area contributed by atoms with Gasteiger partial charge < -0.3 is 20.1 Å². The van der Waals surface area contributed by atoms with Gasteiger partial charge in [-0.2, -0.15) is 0 Å². The zero-order valence-electron chi connectivity index (χ0n) is 11.7. The van der Waals surface area contributed by atoms with Crippen LogP contribution in [0.1, 0.15) is 11.1 Å². The van der Waals surface area contributed by atoms with E-state index in [-0.39, 0.29) is 24.6 Å². The number of H-pyrrole nitrogens is 1. The van der Waals surface area contributed by atoms with Crippen molar-refractivity contribution in [1.82, 2.24) is 15.3 Å². The number of ether oxygens (including phenoxy) is 1. The van der Waals surface area contributed by atoms with Crippen molar-refractivity contribution < 1.29 is 14.6 Å². The van der Waals surface area contributed by atoms with Crippen LogP contribution in [0.15, 0.2) is 47.5 Å². The van der Waals surface area contributed by atoms with Gasteiger partial charge in [0.1, 0.15) is 12.2 Å². The van der Waals surface area contributed by atoms with Crippen LogP contribution in [0.4, 0.5) is 4.79 Å². The molecule has 22 heavy (non-hydrogen) atoms. The summed E-state index contributed by atoms with van der Waals surface area (Å²) in [4.78, 5) is 28.8. The normalized spacial score (nSPS) is 10.5. The Balaban J connectivity index is 1.77. The van der Waals surface area contributed by atoms with E-state index >= 15 is 0 Å². The number of carbonyl (C=O) groups excluding carboxylic acids is 1. The Morgan fingerprint density at radius 2 is 2.14 bits per heavy atom. The Morgan fingerprint density at radius 1 is 1.36 bits per heavy atom. The van der Waals surface area contributed by atoms with E-state index in [0.717, 1.165) is 11.9 Å². The quantitative estimate of drug-likeness (QED) is 0.774. The van der Waals surface area contributed by atoms with E-state index in [9.17, 15) is 14.7 Å². The molecular formula is C15H15N3O4. The van der Waals surface area contributed by atoms with Crippen molar-refractivity contribution in [1.29, 1.82) is 0 Å². The smallest absolute Gasteiger partial charge is 0.407 e. The van der Waals surface area contributed by atoms with Crippen molar-refractivity contribution in [3.8, 4) is 5.88 Å². The molecule has 0 aliphatic rings. The fraction of sp³-hybridized carbons (Fsp3) is 0.133. The van der Waals surface area contributed by atoms with Crippen LogP contribution in [0.25, 0.3) is 6.08 Å². The molecule has 1 aromatic carbocycles. The van der Waals surface area contributed by atoms with Gasteiger partial charge in [-0.1, -0.05) is 36.4 Å². The van der Waals surface area contributed by atoms with Gasteiger partial charge in [0, 0.05) is 6.54 Å². The van der Waals surface area contributed by atoms with Crippen molar-refractivity contribution in [3.63, 3.8) is 0 Å². The van der Waals surface area contributed by atoms with Crippen molar-refractivity contribution in [2.45, 2.75) is 6.61 Å². The van der Waals surface area contributed by atoms with E-state index in [0.29, 0.717) is 0 Å². The highest BCUT2D eigenvalue weighted by atomic mass is 16.5. The first kappa shape index (κ1) is 15.3. The van der Waals surface area contributed by atoms with Gasteiger partial charge in [-0.3, -0.25) is 4.79 Å². The van der Waals surface area contributed by atoms with Crippen molar-refractivity contribution >= 4 is 12.2 Å². The lowest BCUT2D eigenvalue weighted by Gasteiger charge is -2.05. The molecule has 0 atom stereocenters. The molecule has 3 N–H and O–H groups in total. The minimum atomic E-state index is -0.571. The first-order valence-corrected chi connectivity index (χ1v) is 6.54. The number of aromatic amines is 1. The highest BCUT2D eigenvalue weighted by Gasteiger charge is 2.03. The van der Waals surface area contributed by atoms with E-state index in [1.54, 1.807) is 0 Å². The summed E-state index contributed by atoms with van der Waals surface area (Å²) in [7, 11) is 0. The topological polar surface area (TPSA) is 104 Å². The highest BCUT2D eigenvalue weighted by molar-refractivity contribution is 5.67. The highest BCUT2D eigenvalue weighted by Crippen LogP contribution is 2.07. The first-order valence-electron chi connectivity index (χ1n) is 6.54. The molecule has 0 saturated heterocycles. The van der Waals surface area contributed by atoms with Gasteiger partial charge in [-0.15, -0.1) is 0 Å². The van der Waals surface area contributed by atoms with Crippen LogP contribution in [0.5, 0.6) is 5.88 Å². The molecule has 0 bridgehead atoms. The summed E-state index contributed by atoms with van der Waals surface area (Å²) in [6.07, 6.45) is 3.42. The zero-order valence-corrected chi connectivity index (χ0v) is 11.7. The second-order valence-electron chi connectivity index (χ2n) is 4.31. The fourth-order valence-electron chi connectivity index (χ4n) is 1.64. The summed E-state index contributed by atoms with van der Waals surface area (Å²) in [5.41, 5.74) is 0.456. The Labute approximate surface area is 126 Å². The van der Waals surface area contributed by atoms with E-state index in [4.69, 9.17) is 4.74 Å². The number of aromatic hydroxyl groups is 1. The maximum Gasteiger partial charge on any atom is 0.407 e. The molecule has 0 aliphatic heterocycles. The van der Waals surface area contributed by atoms with Crippen LogP contribution in [-0.2, 0) is 11.3 Å². The second kappa shape index (κ2) is 7.63. The molecule has 2 aromatic rings. The van der Waals surface area contributed by atoms with Crippen LogP contribution >= 0.6 is 0 Å². The summed E-state index contributed by atoms with van der Waals surface area (Å²) in [5.74, 6) is -0.369. The molecule has 1 heterocycles. The SMILES string of the molecule is O=C(NCC=Cc1c(O)nc[nH]c1=O)OCc1ccccc1. The minimum Gasteiger partial charge on any atom is -0.493 e. The number of benzene rings is 1. The van der Waals surface area contributed by atoms with Gasteiger partial charge in [0.05, 0.1) is 6.33 Å². The molecular weight excluding hydrogens is 286 g/mol. The van der Waals surface area contributed by atoms with E-state index in [1.165, 1.54) is 12.2 Å². The average molecular weight is 301 g/mol. The van der Waals surface area contributed by atoms with Crippen LogP contribution in [0.3, 0.4) is 0 Å².